The van der Waals surface area contributed by atoms with Crippen LogP contribution < -0.4 is 0 Å². The van der Waals surface area contributed by atoms with E-state index in [1.807, 2.05) is 30.3 Å². The van der Waals surface area contributed by atoms with Crippen LogP contribution in [-0.2, 0) is 33.3 Å². The van der Waals surface area contributed by atoms with Crippen LogP contribution in [0.25, 0.3) is 0 Å². The minimum Gasteiger partial charge on any atom is -0.456 e. The second kappa shape index (κ2) is 8.87. The van der Waals surface area contributed by atoms with Gasteiger partial charge in [-0.1, -0.05) is 30.0 Å². The number of carbonyl (C=O) groups excluding carboxylic acids is 3. The monoisotopic (exact) mass is 368 g/mol. The largest absolute Gasteiger partial charge is 0.456 e. The molecule has 0 aromatic heterocycles. The first-order valence-corrected chi connectivity index (χ1v) is 8.59. The van der Waals surface area contributed by atoms with Gasteiger partial charge >= 0.3 is 17.9 Å². The molecular weight excluding hydrogens is 348 g/mol. The molecule has 1 aliphatic rings. The van der Waals surface area contributed by atoms with Gasteiger partial charge in [0, 0.05) is 25.7 Å². The molecule has 0 aliphatic carbocycles. The highest BCUT2D eigenvalue weighted by molar-refractivity contribution is 7.99. The van der Waals surface area contributed by atoms with Crippen molar-refractivity contribution in [1.29, 1.82) is 0 Å². The van der Waals surface area contributed by atoms with E-state index < -0.39 is 41.7 Å². The number of thioether (sulfide) groups is 1. The van der Waals surface area contributed by atoms with Gasteiger partial charge in [0.2, 0.25) is 0 Å². The van der Waals surface area contributed by atoms with Crippen LogP contribution in [0.1, 0.15) is 20.8 Å². The third-order valence-corrected chi connectivity index (χ3v) is 4.48. The number of hydrogen-bond acceptors (Lipinski definition) is 8. The minimum absolute atomic E-state index is 0.0276. The molecule has 0 saturated carbocycles. The lowest BCUT2D eigenvalue weighted by Crippen LogP contribution is -2.56. The Labute approximate surface area is 150 Å². The number of benzene rings is 1. The van der Waals surface area contributed by atoms with E-state index in [0.29, 0.717) is 0 Å². The van der Waals surface area contributed by atoms with Gasteiger partial charge in [0.05, 0.1) is 6.61 Å². The van der Waals surface area contributed by atoms with Gasteiger partial charge < -0.3 is 18.9 Å². The van der Waals surface area contributed by atoms with E-state index in [1.165, 1.54) is 32.5 Å². The summed E-state index contributed by atoms with van der Waals surface area (Å²) in [6.45, 7) is 3.77. The highest BCUT2D eigenvalue weighted by atomic mass is 32.2. The Balaban J connectivity index is 2.25. The maximum Gasteiger partial charge on any atom is 0.303 e. The molecule has 1 aromatic rings. The second-order valence-electron chi connectivity index (χ2n) is 5.43. The predicted octanol–water partition coefficient (Wildman–Crippen LogP) is 1.93. The highest BCUT2D eigenvalue weighted by Gasteiger charge is 2.47. The SMILES string of the molecule is CC(=O)OC1COC(Sc2ccccc2)C(OC(C)=O)C1OC(C)=O. The molecule has 4 atom stereocenters. The number of rotatable bonds is 5. The molecular formula is C17H20O7S. The molecule has 25 heavy (non-hydrogen) atoms. The molecule has 0 N–H and O–H groups in total. The molecule has 7 nitrogen and oxygen atoms in total. The highest BCUT2D eigenvalue weighted by Crippen LogP contribution is 2.34. The third kappa shape index (κ3) is 5.75. The van der Waals surface area contributed by atoms with Gasteiger partial charge in [-0.2, -0.15) is 0 Å². The molecule has 1 fully saturated rings. The Morgan fingerprint density at radius 3 is 2.04 bits per heavy atom. The van der Waals surface area contributed by atoms with Crippen LogP contribution in [0.4, 0.5) is 0 Å². The zero-order valence-corrected chi connectivity index (χ0v) is 15.0. The molecule has 1 aliphatic heterocycles. The van der Waals surface area contributed by atoms with E-state index in [2.05, 4.69) is 0 Å². The molecule has 2 rings (SSSR count). The fourth-order valence-corrected chi connectivity index (χ4v) is 3.52. The van der Waals surface area contributed by atoms with Crippen molar-refractivity contribution in [2.45, 2.75) is 49.4 Å². The predicted molar refractivity (Wildman–Crippen MR) is 88.7 cm³/mol. The van der Waals surface area contributed by atoms with Crippen LogP contribution in [0.2, 0.25) is 0 Å². The van der Waals surface area contributed by atoms with E-state index in [4.69, 9.17) is 18.9 Å². The Morgan fingerprint density at radius 2 is 1.48 bits per heavy atom. The smallest absolute Gasteiger partial charge is 0.303 e. The van der Waals surface area contributed by atoms with Gasteiger partial charge in [-0.15, -0.1) is 0 Å². The first-order chi connectivity index (χ1) is 11.9. The van der Waals surface area contributed by atoms with Gasteiger partial charge in [-0.25, -0.2) is 0 Å². The van der Waals surface area contributed by atoms with E-state index in [0.717, 1.165) is 4.90 Å². The number of hydrogen-bond donors (Lipinski definition) is 0. The van der Waals surface area contributed by atoms with Crippen LogP contribution in [0, 0.1) is 0 Å². The molecule has 0 bridgehead atoms. The summed E-state index contributed by atoms with van der Waals surface area (Å²) < 4.78 is 21.6. The quantitative estimate of drug-likeness (QED) is 0.575. The van der Waals surface area contributed by atoms with Crippen molar-refractivity contribution in [3.63, 3.8) is 0 Å². The molecule has 1 saturated heterocycles. The van der Waals surface area contributed by atoms with Crippen LogP contribution in [0.5, 0.6) is 0 Å². The molecule has 0 amide bonds. The zero-order valence-electron chi connectivity index (χ0n) is 14.2. The van der Waals surface area contributed by atoms with Crippen molar-refractivity contribution >= 4 is 29.7 Å². The molecule has 0 spiro atoms. The van der Waals surface area contributed by atoms with Crippen molar-refractivity contribution in [3.05, 3.63) is 30.3 Å². The van der Waals surface area contributed by atoms with Gasteiger partial charge in [0.15, 0.2) is 18.3 Å². The van der Waals surface area contributed by atoms with Crippen LogP contribution in [0.15, 0.2) is 35.2 Å². The maximum atomic E-state index is 11.5. The number of ether oxygens (including phenoxy) is 4. The van der Waals surface area contributed by atoms with E-state index >= 15 is 0 Å². The molecule has 0 radical (unpaired) electrons. The van der Waals surface area contributed by atoms with E-state index in [9.17, 15) is 14.4 Å². The van der Waals surface area contributed by atoms with Crippen molar-refractivity contribution < 1.29 is 33.3 Å². The summed E-state index contributed by atoms with van der Waals surface area (Å²) in [5.41, 5.74) is -0.609. The lowest BCUT2D eigenvalue weighted by molar-refractivity contribution is -0.213. The lowest BCUT2D eigenvalue weighted by atomic mass is 10.1. The van der Waals surface area contributed by atoms with Crippen LogP contribution in [0.3, 0.4) is 0 Å². The zero-order chi connectivity index (χ0) is 18.4. The fourth-order valence-electron chi connectivity index (χ4n) is 2.44. The summed E-state index contributed by atoms with van der Waals surface area (Å²) in [5.74, 6) is -1.65. The van der Waals surface area contributed by atoms with E-state index in [-0.39, 0.29) is 6.61 Å². The van der Waals surface area contributed by atoms with Gasteiger partial charge in [0.1, 0.15) is 5.44 Å². The summed E-state index contributed by atoms with van der Waals surface area (Å²) in [6.07, 6.45) is -2.71. The lowest BCUT2D eigenvalue weighted by Gasteiger charge is -2.40. The standard InChI is InChI=1S/C17H20O7S/c1-10(18)22-14-9-21-17(25-13-7-5-4-6-8-13)16(24-12(3)20)15(14)23-11(2)19/h4-8,14-17H,9H2,1-3H3. The van der Waals surface area contributed by atoms with Crippen LogP contribution in [-0.4, -0.2) is 48.3 Å². The van der Waals surface area contributed by atoms with Crippen molar-refractivity contribution in [2.24, 2.45) is 0 Å². The second-order valence-corrected chi connectivity index (χ2v) is 6.60. The summed E-state index contributed by atoms with van der Waals surface area (Å²) in [6, 6.07) is 9.40. The average Bonchev–Trinajstić information content (AvgIpc) is 2.52. The summed E-state index contributed by atoms with van der Waals surface area (Å²) >= 11 is 1.34. The Hall–Kier alpha value is -2.06. The Bertz CT molecular complexity index is 619. The molecule has 136 valence electrons. The normalized spacial score (nSPS) is 25.7. The minimum atomic E-state index is -0.944. The van der Waals surface area contributed by atoms with E-state index in [1.54, 1.807) is 0 Å². The molecule has 8 heteroatoms. The third-order valence-electron chi connectivity index (χ3n) is 3.30. The number of carbonyl (C=O) groups is 3. The first-order valence-electron chi connectivity index (χ1n) is 7.71. The summed E-state index contributed by atoms with van der Waals surface area (Å²) in [7, 11) is 0. The van der Waals surface area contributed by atoms with Gasteiger partial charge in [-0.3, -0.25) is 14.4 Å². The van der Waals surface area contributed by atoms with Crippen molar-refractivity contribution in [2.75, 3.05) is 6.61 Å². The first kappa shape index (κ1) is 19.3. The Morgan fingerprint density at radius 1 is 0.920 bits per heavy atom. The Kier molecular flexibility index (Phi) is 6.83. The van der Waals surface area contributed by atoms with Crippen LogP contribution >= 0.6 is 11.8 Å². The maximum absolute atomic E-state index is 11.5. The molecule has 4 unspecified atom stereocenters. The fraction of sp³-hybridized carbons (Fsp3) is 0.471. The van der Waals surface area contributed by atoms with Gasteiger partial charge in [-0.05, 0) is 12.1 Å². The number of esters is 3. The van der Waals surface area contributed by atoms with Crippen molar-refractivity contribution in [3.8, 4) is 0 Å². The average molecular weight is 368 g/mol. The van der Waals surface area contributed by atoms with Gasteiger partial charge in [0.25, 0.3) is 0 Å². The topological polar surface area (TPSA) is 88.1 Å². The summed E-state index contributed by atoms with van der Waals surface area (Å²) in [4.78, 5) is 35.2. The summed E-state index contributed by atoms with van der Waals surface area (Å²) in [5, 5.41) is 0. The molecule has 1 aromatic carbocycles. The molecule has 1 heterocycles. The van der Waals surface area contributed by atoms with Crippen molar-refractivity contribution in [1.82, 2.24) is 0 Å².